The molecule has 5 heteroatoms. The molecule has 2 aromatic carbocycles. The van der Waals surface area contributed by atoms with Gasteiger partial charge in [-0.25, -0.2) is 4.39 Å². The molecule has 0 fully saturated rings. The molecule has 0 saturated heterocycles. The maximum absolute atomic E-state index is 14.1. The molecule has 1 atom stereocenters. The van der Waals surface area contributed by atoms with E-state index < -0.39 is 0 Å². The van der Waals surface area contributed by atoms with Gasteiger partial charge in [0.25, 0.3) is 0 Å². The lowest BCUT2D eigenvalue weighted by Crippen LogP contribution is -2.00. The van der Waals surface area contributed by atoms with Crippen LogP contribution in [0.25, 0.3) is 0 Å². The summed E-state index contributed by atoms with van der Waals surface area (Å²) < 4.78 is 15.8. The van der Waals surface area contributed by atoms with Crippen molar-refractivity contribution in [3.8, 4) is 0 Å². The number of hydrogen-bond donors (Lipinski definition) is 0. The fraction of sp³-hybridized carbons (Fsp3) is 0.143. The van der Waals surface area contributed by atoms with Gasteiger partial charge in [0.2, 0.25) is 0 Å². The molecule has 2 rings (SSSR count). The van der Waals surface area contributed by atoms with Crippen LogP contribution in [0, 0.1) is 16.3 Å². The van der Waals surface area contributed by atoms with Crippen LogP contribution in [0.3, 0.4) is 0 Å². The molecule has 0 aliphatic heterocycles. The second-order valence-corrected chi connectivity index (χ2v) is 7.38. The van der Waals surface area contributed by atoms with Crippen molar-refractivity contribution in [1.82, 2.24) is 0 Å². The van der Waals surface area contributed by atoms with Crippen LogP contribution in [0.5, 0.6) is 0 Å². The van der Waals surface area contributed by atoms with E-state index in [-0.39, 0.29) is 10.6 Å². The molecule has 0 aliphatic rings. The van der Waals surface area contributed by atoms with Gasteiger partial charge in [-0.2, -0.15) is 0 Å². The van der Waals surface area contributed by atoms with Crippen molar-refractivity contribution in [1.29, 1.82) is 0 Å². The average molecular weight is 518 g/mol. The Kier molecular flexibility index (Phi) is 5.31. The minimum absolute atomic E-state index is 0.218. The number of alkyl halides is 1. The summed E-state index contributed by atoms with van der Waals surface area (Å²) in [6.45, 7) is 2.04. The molecule has 0 heterocycles. The van der Waals surface area contributed by atoms with Crippen LogP contribution in [0.15, 0.2) is 34.8 Å². The second-order valence-electron chi connectivity index (χ2n) is 4.13. The quantitative estimate of drug-likeness (QED) is 0.238. The SMILES string of the molecule is Cc1cccc(C(Br)c2cc(Cl)c(Br)cc2F)c1I. The summed E-state index contributed by atoms with van der Waals surface area (Å²) in [6.07, 6.45) is 0. The van der Waals surface area contributed by atoms with Crippen molar-refractivity contribution >= 4 is 66.1 Å². The summed E-state index contributed by atoms with van der Waals surface area (Å²) in [5.74, 6) is -0.282. The number of halogens is 5. The lowest BCUT2D eigenvalue weighted by molar-refractivity contribution is 0.612. The molecule has 0 saturated carbocycles. The summed E-state index contributed by atoms with van der Waals surface area (Å²) in [7, 11) is 0. The Morgan fingerprint density at radius 3 is 2.63 bits per heavy atom. The smallest absolute Gasteiger partial charge is 0.129 e. The van der Waals surface area contributed by atoms with Gasteiger partial charge in [0.1, 0.15) is 5.82 Å². The van der Waals surface area contributed by atoms with Gasteiger partial charge in [0, 0.05) is 13.6 Å². The first kappa shape index (κ1) is 15.7. The summed E-state index contributed by atoms with van der Waals surface area (Å²) >= 11 is 15.1. The van der Waals surface area contributed by atoms with Crippen molar-refractivity contribution in [3.63, 3.8) is 0 Å². The van der Waals surface area contributed by atoms with E-state index in [1.165, 1.54) is 11.6 Å². The molecule has 0 amide bonds. The van der Waals surface area contributed by atoms with E-state index >= 15 is 0 Å². The zero-order valence-electron chi connectivity index (χ0n) is 9.85. The van der Waals surface area contributed by atoms with E-state index in [2.05, 4.69) is 54.5 Å². The first-order valence-electron chi connectivity index (χ1n) is 5.45. The lowest BCUT2D eigenvalue weighted by atomic mass is 10.0. The first-order chi connectivity index (χ1) is 8.91. The maximum Gasteiger partial charge on any atom is 0.129 e. The van der Waals surface area contributed by atoms with E-state index in [9.17, 15) is 4.39 Å². The first-order valence-corrected chi connectivity index (χ1v) is 8.62. The Morgan fingerprint density at radius 1 is 1.26 bits per heavy atom. The topological polar surface area (TPSA) is 0 Å². The molecule has 0 aromatic heterocycles. The number of rotatable bonds is 2. The molecule has 0 bridgehead atoms. The fourth-order valence-electron chi connectivity index (χ4n) is 1.77. The molecule has 0 radical (unpaired) electrons. The molecular weight excluding hydrogens is 509 g/mol. The van der Waals surface area contributed by atoms with Gasteiger partial charge >= 0.3 is 0 Å². The van der Waals surface area contributed by atoms with Gasteiger partial charge < -0.3 is 0 Å². The summed E-state index contributed by atoms with van der Waals surface area (Å²) in [6, 6.07) is 9.05. The Hall–Kier alpha value is 0.350. The van der Waals surface area contributed by atoms with Gasteiger partial charge in [-0.15, -0.1) is 0 Å². The van der Waals surface area contributed by atoms with Crippen molar-refractivity contribution < 1.29 is 4.39 Å². The lowest BCUT2D eigenvalue weighted by Gasteiger charge is -2.15. The highest BCUT2D eigenvalue weighted by Gasteiger charge is 2.19. The highest BCUT2D eigenvalue weighted by molar-refractivity contribution is 14.1. The summed E-state index contributed by atoms with van der Waals surface area (Å²) in [4.78, 5) is -0.218. The molecule has 2 aromatic rings. The second kappa shape index (κ2) is 6.41. The largest absolute Gasteiger partial charge is 0.207 e. The van der Waals surface area contributed by atoms with Gasteiger partial charge in [-0.3, -0.25) is 0 Å². The molecule has 1 unspecified atom stereocenters. The Morgan fingerprint density at radius 2 is 1.95 bits per heavy atom. The number of aryl methyl sites for hydroxylation is 1. The van der Waals surface area contributed by atoms with Crippen molar-refractivity contribution in [2.75, 3.05) is 0 Å². The Labute approximate surface area is 147 Å². The third-order valence-corrected chi connectivity index (χ3v) is 6.46. The van der Waals surface area contributed by atoms with Crippen LogP contribution in [-0.2, 0) is 0 Å². The van der Waals surface area contributed by atoms with Gasteiger partial charge in [-0.1, -0.05) is 45.7 Å². The van der Waals surface area contributed by atoms with Crippen molar-refractivity contribution in [3.05, 3.63) is 65.9 Å². The molecule has 100 valence electrons. The monoisotopic (exact) mass is 516 g/mol. The van der Waals surface area contributed by atoms with Gasteiger partial charge in [0.15, 0.2) is 0 Å². The van der Waals surface area contributed by atoms with Crippen molar-refractivity contribution in [2.24, 2.45) is 0 Å². The van der Waals surface area contributed by atoms with E-state index in [0.29, 0.717) is 15.1 Å². The van der Waals surface area contributed by atoms with Crippen LogP contribution < -0.4 is 0 Å². The van der Waals surface area contributed by atoms with Gasteiger partial charge in [-0.05, 0) is 68.7 Å². The summed E-state index contributed by atoms with van der Waals surface area (Å²) in [5.41, 5.74) is 2.75. The summed E-state index contributed by atoms with van der Waals surface area (Å²) in [5, 5.41) is 0.503. The minimum Gasteiger partial charge on any atom is -0.207 e. The van der Waals surface area contributed by atoms with E-state index in [1.54, 1.807) is 6.07 Å². The predicted octanol–water partition coefficient (Wildman–Crippen LogP) is 6.64. The molecule has 0 nitrogen and oxygen atoms in total. The van der Waals surface area contributed by atoms with E-state index in [1.807, 2.05) is 25.1 Å². The van der Waals surface area contributed by atoms with Crippen LogP contribution in [0.4, 0.5) is 4.39 Å². The van der Waals surface area contributed by atoms with Crippen molar-refractivity contribution in [2.45, 2.75) is 11.8 Å². The Bertz CT molecular complexity index is 631. The zero-order chi connectivity index (χ0) is 14.2. The molecule has 19 heavy (non-hydrogen) atoms. The third-order valence-electron chi connectivity index (χ3n) is 2.81. The minimum atomic E-state index is -0.282. The number of hydrogen-bond acceptors (Lipinski definition) is 0. The molecule has 0 spiro atoms. The van der Waals surface area contributed by atoms with Crippen LogP contribution in [0.2, 0.25) is 5.02 Å². The molecule has 0 aliphatic carbocycles. The Balaban J connectivity index is 2.53. The third kappa shape index (κ3) is 3.34. The average Bonchev–Trinajstić information content (AvgIpc) is 2.36. The van der Waals surface area contributed by atoms with Crippen LogP contribution in [0.1, 0.15) is 21.5 Å². The fourth-order valence-corrected chi connectivity index (χ4v) is 4.08. The van der Waals surface area contributed by atoms with Gasteiger partial charge in [0.05, 0.1) is 9.85 Å². The van der Waals surface area contributed by atoms with Crippen LogP contribution >= 0.6 is 66.1 Å². The number of benzene rings is 2. The van der Waals surface area contributed by atoms with Crippen LogP contribution in [-0.4, -0.2) is 0 Å². The standard InChI is InChI=1S/C14H9Br2ClFI/c1-7-3-2-4-8(14(7)19)13(16)9-5-11(17)10(15)6-12(9)18/h2-6,13H,1H3. The normalized spacial score (nSPS) is 12.5. The zero-order valence-corrected chi connectivity index (χ0v) is 15.9. The highest BCUT2D eigenvalue weighted by Crippen LogP contribution is 2.38. The predicted molar refractivity (Wildman–Crippen MR) is 93.8 cm³/mol. The molecule has 0 N–H and O–H groups in total. The molecular formula is C14H9Br2ClFI. The maximum atomic E-state index is 14.1. The van der Waals surface area contributed by atoms with E-state index in [4.69, 9.17) is 11.6 Å². The highest BCUT2D eigenvalue weighted by atomic mass is 127. The van der Waals surface area contributed by atoms with E-state index in [0.717, 1.165) is 9.13 Å².